The van der Waals surface area contributed by atoms with Gasteiger partial charge < -0.3 is 9.84 Å². The first kappa shape index (κ1) is 11.4. The highest BCUT2D eigenvalue weighted by Gasteiger charge is 2.18. The average molecular weight is 236 g/mol. The summed E-state index contributed by atoms with van der Waals surface area (Å²) in [6, 6.07) is 8.14. The molecular weight excluding hydrogens is 220 g/mol. The Kier molecular flexibility index (Phi) is 3.17. The zero-order valence-electron chi connectivity index (χ0n) is 9.56. The molecule has 1 aromatic carbocycles. The third kappa shape index (κ3) is 2.36. The van der Waals surface area contributed by atoms with Crippen LogP contribution < -0.4 is 4.74 Å². The van der Waals surface area contributed by atoms with Crippen LogP contribution in [-0.2, 0) is 0 Å². The standard InChI is InChI=1S/C13H16O2S/c1-13(2,8-14)9-15-11-5-3-4-10-6-7-16-12(10)11/h3-7,14H,8-9H2,1-2H3. The van der Waals surface area contributed by atoms with Crippen LogP contribution in [0.15, 0.2) is 29.6 Å². The second kappa shape index (κ2) is 4.44. The number of fused-ring (bicyclic) bond motifs is 1. The van der Waals surface area contributed by atoms with Crippen LogP contribution in [0.1, 0.15) is 13.8 Å². The summed E-state index contributed by atoms with van der Waals surface area (Å²) < 4.78 is 6.96. The van der Waals surface area contributed by atoms with Gasteiger partial charge in [0.1, 0.15) is 5.75 Å². The SMILES string of the molecule is CC(C)(CO)COc1cccc2ccsc12. The van der Waals surface area contributed by atoms with Gasteiger partial charge in [-0.3, -0.25) is 0 Å². The molecule has 0 radical (unpaired) electrons. The fourth-order valence-corrected chi connectivity index (χ4v) is 2.26. The predicted octanol–water partition coefficient (Wildman–Crippen LogP) is 3.30. The molecule has 2 nitrogen and oxygen atoms in total. The highest BCUT2D eigenvalue weighted by Crippen LogP contribution is 2.31. The summed E-state index contributed by atoms with van der Waals surface area (Å²) in [7, 11) is 0. The number of hydrogen-bond acceptors (Lipinski definition) is 3. The third-order valence-electron chi connectivity index (χ3n) is 2.49. The lowest BCUT2D eigenvalue weighted by molar-refractivity contribution is 0.0984. The van der Waals surface area contributed by atoms with E-state index in [0.29, 0.717) is 6.61 Å². The van der Waals surface area contributed by atoms with Gasteiger partial charge in [0.25, 0.3) is 0 Å². The predicted molar refractivity (Wildman–Crippen MR) is 68.2 cm³/mol. The van der Waals surface area contributed by atoms with Gasteiger partial charge in [-0.15, -0.1) is 11.3 Å². The maximum atomic E-state index is 9.17. The van der Waals surface area contributed by atoms with Gasteiger partial charge in [0.05, 0.1) is 17.9 Å². The summed E-state index contributed by atoms with van der Waals surface area (Å²) >= 11 is 1.68. The lowest BCUT2D eigenvalue weighted by Gasteiger charge is -2.21. The number of rotatable bonds is 4. The molecule has 1 N–H and O–H groups in total. The largest absolute Gasteiger partial charge is 0.491 e. The van der Waals surface area contributed by atoms with Crippen molar-refractivity contribution in [3.63, 3.8) is 0 Å². The molecular formula is C13H16O2S. The molecule has 0 aliphatic carbocycles. The zero-order chi connectivity index (χ0) is 11.6. The molecule has 1 heterocycles. The second-order valence-corrected chi connectivity index (χ2v) is 5.62. The lowest BCUT2D eigenvalue weighted by atomic mass is 9.96. The Morgan fingerprint density at radius 1 is 1.31 bits per heavy atom. The molecule has 1 aromatic heterocycles. The Morgan fingerprint density at radius 3 is 2.88 bits per heavy atom. The van der Waals surface area contributed by atoms with Crippen molar-refractivity contribution < 1.29 is 9.84 Å². The monoisotopic (exact) mass is 236 g/mol. The maximum Gasteiger partial charge on any atom is 0.137 e. The van der Waals surface area contributed by atoms with Gasteiger partial charge in [-0.05, 0) is 22.9 Å². The number of benzene rings is 1. The van der Waals surface area contributed by atoms with Gasteiger partial charge in [-0.25, -0.2) is 0 Å². The van der Waals surface area contributed by atoms with E-state index in [-0.39, 0.29) is 12.0 Å². The Labute approximate surface area is 99.5 Å². The van der Waals surface area contributed by atoms with Crippen molar-refractivity contribution in [2.75, 3.05) is 13.2 Å². The highest BCUT2D eigenvalue weighted by atomic mass is 32.1. The molecule has 86 valence electrons. The average Bonchev–Trinajstić information content (AvgIpc) is 2.75. The van der Waals surface area contributed by atoms with Gasteiger partial charge in [0.15, 0.2) is 0 Å². The van der Waals surface area contributed by atoms with Crippen LogP contribution >= 0.6 is 11.3 Å². The quantitative estimate of drug-likeness (QED) is 0.882. The van der Waals surface area contributed by atoms with Crippen molar-refractivity contribution in [1.82, 2.24) is 0 Å². The van der Waals surface area contributed by atoms with Gasteiger partial charge in [0, 0.05) is 5.41 Å². The fraction of sp³-hybridized carbons (Fsp3) is 0.385. The van der Waals surface area contributed by atoms with Crippen molar-refractivity contribution in [3.05, 3.63) is 29.6 Å². The number of aliphatic hydroxyl groups is 1. The zero-order valence-corrected chi connectivity index (χ0v) is 10.4. The first-order valence-electron chi connectivity index (χ1n) is 5.32. The van der Waals surface area contributed by atoms with Gasteiger partial charge in [-0.2, -0.15) is 0 Å². The van der Waals surface area contributed by atoms with Crippen molar-refractivity contribution >= 4 is 21.4 Å². The van der Waals surface area contributed by atoms with Gasteiger partial charge in [-0.1, -0.05) is 26.0 Å². The van der Waals surface area contributed by atoms with Crippen LogP contribution in [0.25, 0.3) is 10.1 Å². The van der Waals surface area contributed by atoms with Crippen LogP contribution in [-0.4, -0.2) is 18.3 Å². The van der Waals surface area contributed by atoms with E-state index >= 15 is 0 Å². The minimum Gasteiger partial charge on any atom is -0.491 e. The fourth-order valence-electron chi connectivity index (χ4n) is 1.40. The van der Waals surface area contributed by atoms with Crippen LogP contribution in [0.4, 0.5) is 0 Å². The summed E-state index contributed by atoms with van der Waals surface area (Å²) in [5.41, 5.74) is -0.195. The molecule has 16 heavy (non-hydrogen) atoms. The van der Waals surface area contributed by atoms with Crippen LogP contribution in [0, 0.1) is 5.41 Å². The number of hydrogen-bond donors (Lipinski definition) is 1. The van der Waals surface area contributed by atoms with Crippen molar-refractivity contribution in [2.24, 2.45) is 5.41 Å². The molecule has 0 unspecified atom stereocenters. The minimum absolute atomic E-state index is 0.132. The molecule has 0 atom stereocenters. The number of aliphatic hydroxyl groups excluding tert-OH is 1. The van der Waals surface area contributed by atoms with E-state index in [9.17, 15) is 0 Å². The van der Waals surface area contributed by atoms with E-state index in [2.05, 4.69) is 17.5 Å². The molecule has 0 amide bonds. The van der Waals surface area contributed by atoms with E-state index in [1.165, 1.54) is 10.1 Å². The molecule has 0 fully saturated rings. The van der Waals surface area contributed by atoms with Gasteiger partial charge in [0.2, 0.25) is 0 Å². The van der Waals surface area contributed by atoms with E-state index in [4.69, 9.17) is 9.84 Å². The minimum atomic E-state index is -0.195. The highest BCUT2D eigenvalue weighted by molar-refractivity contribution is 7.17. The van der Waals surface area contributed by atoms with E-state index in [0.717, 1.165) is 5.75 Å². The lowest BCUT2D eigenvalue weighted by Crippen LogP contribution is -2.25. The van der Waals surface area contributed by atoms with Crippen molar-refractivity contribution in [1.29, 1.82) is 0 Å². The molecule has 0 aliphatic rings. The Hall–Kier alpha value is -1.06. The van der Waals surface area contributed by atoms with Gasteiger partial charge >= 0.3 is 0 Å². The Balaban J connectivity index is 2.18. The normalized spacial score (nSPS) is 11.9. The molecule has 0 saturated heterocycles. The summed E-state index contributed by atoms with van der Waals surface area (Å²) in [5.74, 6) is 0.911. The van der Waals surface area contributed by atoms with E-state index in [1.54, 1.807) is 11.3 Å². The Morgan fingerprint density at radius 2 is 2.12 bits per heavy atom. The number of ether oxygens (including phenoxy) is 1. The molecule has 2 rings (SSSR count). The molecule has 2 aromatic rings. The number of thiophene rings is 1. The van der Waals surface area contributed by atoms with Crippen molar-refractivity contribution in [2.45, 2.75) is 13.8 Å². The summed E-state index contributed by atoms with van der Waals surface area (Å²) in [6.07, 6.45) is 0. The third-order valence-corrected chi connectivity index (χ3v) is 3.43. The molecule has 3 heteroatoms. The first-order valence-corrected chi connectivity index (χ1v) is 6.20. The topological polar surface area (TPSA) is 29.5 Å². The van der Waals surface area contributed by atoms with E-state index in [1.807, 2.05) is 26.0 Å². The molecule has 0 saturated carbocycles. The van der Waals surface area contributed by atoms with Crippen molar-refractivity contribution in [3.8, 4) is 5.75 Å². The molecule has 0 bridgehead atoms. The first-order chi connectivity index (χ1) is 7.62. The second-order valence-electron chi connectivity index (χ2n) is 4.71. The van der Waals surface area contributed by atoms with Crippen LogP contribution in [0.2, 0.25) is 0 Å². The summed E-state index contributed by atoms with van der Waals surface area (Å²) in [6.45, 7) is 4.64. The molecule has 0 aliphatic heterocycles. The van der Waals surface area contributed by atoms with E-state index < -0.39 is 0 Å². The smallest absolute Gasteiger partial charge is 0.137 e. The van der Waals surface area contributed by atoms with Crippen LogP contribution in [0.3, 0.4) is 0 Å². The summed E-state index contributed by atoms with van der Waals surface area (Å²) in [4.78, 5) is 0. The van der Waals surface area contributed by atoms with Crippen LogP contribution in [0.5, 0.6) is 5.75 Å². The maximum absolute atomic E-state index is 9.17. The Bertz CT molecular complexity index is 473. The summed E-state index contributed by atoms with van der Waals surface area (Å²) in [5, 5.41) is 12.4. The molecule has 0 spiro atoms.